The van der Waals surface area contributed by atoms with Crippen molar-refractivity contribution in [1.29, 1.82) is 0 Å². The molecular formula is C37H48NO7Si-. The van der Waals surface area contributed by atoms with Crippen LogP contribution in [0, 0.1) is 13.8 Å². The third kappa shape index (κ3) is 9.16. The number of carbonyl (C=O) groups excluding carboxylic acids is 2. The van der Waals surface area contributed by atoms with Crippen molar-refractivity contribution in [2.45, 2.75) is 73.8 Å². The number of carboxylic acid groups (broad SMARTS) is 1. The Morgan fingerprint density at radius 2 is 1.52 bits per heavy atom. The van der Waals surface area contributed by atoms with Crippen molar-refractivity contribution >= 4 is 38.4 Å². The number of carbonyl (C=O) groups is 2. The Hall–Kier alpha value is -3.76. The van der Waals surface area contributed by atoms with E-state index in [0.29, 0.717) is 43.3 Å². The van der Waals surface area contributed by atoms with Crippen LogP contribution in [-0.4, -0.2) is 46.9 Å². The van der Waals surface area contributed by atoms with Crippen molar-refractivity contribution in [2.24, 2.45) is 0 Å². The maximum absolute atomic E-state index is 11.8. The molecule has 0 unspecified atom stereocenters. The minimum Gasteiger partial charge on any atom is -0.545 e. The third-order valence-electron chi connectivity index (χ3n) is 7.66. The van der Waals surface area contributed by atoms with Crippen LogP contribution >= 0.6 is 0 Å². The van der Waals surface area contributed by atoms with Crippen molar-refractivity contribution in [1.82, 2.24) is 0 Å². The van der Waals surface area contributed by atoms with Crippen molar-refractivity contribution in [2.75, 3.05) is 31.7 Å². The second kappa shape index (κ2) is 17.2. The van der Waals surface area contributed by atoms with E-state index in [1.54, 1.807) is 19.1 Å². The van der Waals surface area contributed by atoms with Gasteiger partial charge in [0.25, 0.3) is 0 Å². The van der Waals surface area contributed by atoms with Gasteiger partial charge in [-0.15, -0.1) is 0 Å². The average Bonchev–Trinajstić information content (AvgIpc) is 3.00. The molecule has 4 rings (SSSR count). The lowest BCUT2D eigenvalue weighted by Gasteiger charge is -2.28. The Bertz CT molecular complexity index is 1620. The SMILES string of the molecule is C=c1cc2c(cc1C)=C(c1ccccc1C(=O)[O-])c1cc(C)c(NCC)cc1O2.CCO[Si](CCCCC(C)=O)(OCC)OCC. The molecule has 1 aliphatic heterocycles. The Kier molecular flexibility index (Phi) is 13.8. The molecule has 46 heavy (non-hydrogen) atoms. The van der Waals surface area contributed by atoms with Crippen LogP contribution in [0.15, 0.2) is 48.5 Å². The number of ketones is 1. The molecule has 248 valence electrons. The number of benzene rings is 3. The number of hydrogen-bond donors (Lipinski definition) is 1. The molecule has 0 saturated carbocycles. The van der Waals surface area contributed by atoms with Gasteiger partial charge >= 0.3 is 8.80 Å². The molecule has 0 saturated heterocycles. The van der Waals surface area contributed by atoms with Gasteiger partial charge in [0.1, 0.15) is 17.3 Å². The van der Waals surface area contributed by atoms with Gasteiger partial charge in [0.2, 0.25) is 0 Å². The first kappa shape index (κ1) is 36.7. The molecule has 0 amide bonds. The first-order valence-corrected chi connectivity index (χ1v) is 18.1. The molecule has 0 aliphatic carbocycles. The number of hydrogen-bond acceptors (Lipinski definition) is 8. The lowest BCUT2D eigenvalue weighted by atomic mass is 9.88. The van der Waals surface area contributed by atoms with Crippen LogP contribution in [-0.2, 0) is 18.1 Å². The van der Waals surface area contributed by atoms with E-state index in [2.05, 4.69) is 11.9 Å². The number of Topliss-reactive ketones (excluding diaryl/α,β-unsaturated/α-hetero) is 1. The van der Waals surface area contributed by atoms with E-state index >= 15 is 0 Å². The summed E-state index contributed by atoms with van der Waals surface area (Å²) in [5, 5.41) is 16.9. The van der Waals surface area contributed by atoms with E-state index in [1.807, 2.05) is 77.9 Å². The van der Waals surface area contributed by atoms with Gasteiger partial charge in [-0.3, -0.25) is 0 Å². The summed E-state index contributed by atoms with van der Waals surface area (Å²) in [6.07, 6.45) is 2.44. The van der Waals surface area contributed by atoms with Crippen molar-refractivity contribution in [3.63, 3.8) is 0 Å². The molecular weight excluding hydrogens is 598 g/mol. The largest absolute Gasteiger partial charge is 0.545 e. The number of nitrogens with one attached hydrogen (secondary N) is 1. The molecule has 0 aromatic heterocycles. The molecule has 8 nitrogen and oxygen atoms in total. The smallest absolute Gasteiger partial charge is 0.500 e. The summed E-state index contributed by atoms with van der Waals surface area (Å²) in [5.74, 6) is 0.392. The van der Waals surface area contributed by atoms with Crippen LogP contribution in [0.1, 0.15) is 86.5 Å². The number of fused-ring (bicyclic) bond motifs is 2. The predicted molar refractivity (Wildman–Crippen MR) is 184 cm³/mol. The minimum absolute atomic E-state index is 0.158. The molecule has 3 aromatic carbocycles. The average molecular weight is 647 g/mol. The Labute approximate surface area is 274 Å². The van der Waals surface area contributed by atoms with Gasteiger partial charge in [0.15, 0.2) is 0 Å². The van der Waals surface area contributed by atoms with E-state index < -0.39 is 14.8 Å². The lowest BCUT2D eigenvalue weighted by Crippen LogP contribution is -2.45. The standard InChI is InChI=1S/C25H23NO3.C12H26O4Si/c1-5-26-21-13-23-20(11-16(21)4)24(17-8-6-7-9-18(17)25(27)28)19-10-14(2)15(3)12-22(19)29-23;1-5-14-17(15-6-2,16-7-3)11-9-8-10-12(4)13/h6-13,26H,3,5H2,1-2,4H3,(H,27,28);5-11H2,1-4H3/p-1. The number of rotatable bonds is 15. The van der Waals surface area contributed by atoms with Gasteiger partial charge in [-0.05, 0) is 101 Å². The highest BCUT2D eigenvalue weighted by Gasteiger charge is 2.39. The highest BCUT2D eigenvalue weighted by atomic mass is 28.4. The fourth-order valence-corrected chi connectivity index (χ4v) is 8.19. The number of unbranched alkanes of at least 4 members (excludes halogenated alkanes) is 1. The molecule has 0 radical (unpaired) electrons. The molecule has 0 atom stereocenters. The summed E-state index contributed by atoms with van der Waals surface area (Å²) in [6, 6.07) is 15.7. The van der Waals surface area contributed by atoms with Crippen molar-refractivity contribution < 1.29 is 32.7 Å². The lowest BCUT2D eigenvalue weighted by molar-refractivity contribution is -0.255. The molecule has 1 aliphatic rings. The first-order valence-electron chi connectivity index (χ1n) is 16.1. The number of anilines is 1. The van der Waals surface area contributed by atoms with Crippen LogP contribution in [0.5, 0.6) is 11.5 Å². The third-order valence-corrected chi connectivity index (χ3v) is 10.8. The van der Waals surface area contributed by atoms with Crippen LogP contribution in [0.2, 0.25) is 6.04 Å². The van der Waals surface area contributed by atoms with Crippen LogP contribution in [0.25, 0.3) is 12.2 Å². The maximum atomic E-state index is 11.8. The normalized spacial score (nSPS) is 11.9. The van der Waals surface area contributed by atoms with Gasteiger partial charge in [-0.2, -0.15) is 0 Å². The molecule has 9 heteroatoms. The van der Waals surface area contributed by atoms with Gasteiger partial charge in [-0.1, -0.05) is 30.8 Å². The quantitative estimate of drug-likeness (QED) is 0.130. The zero-order valence-corrected chi connectivity index (χ0v) is 29.3. The summed E-state index contributed by atoms with van der Waals surface area (Å²) in [6.45, 7) is 20.2. The second-order valence-electron chi connectivity index (χ2n) is 11.2. The summed E-state index contributed by atoms with van der Waals surface area (Å²) in [4.78, 5) is 22.7. The molecule has 0 bridgehead atoms. The zero-order chi connectivity index (χ0) is 33.9. The van der Waals surface area contributed by atoms with E-state index in [-0.39, 0.29) is 11.3 Å². The fourth-order valence-electron chi connectivity index (χ4n) is 5.51. The summed E-state index contributed by atoms with van der Waals surface area (Å²) in [7, 11) is -2.48. The highest BCUT2D eigenvalue weighted by molar-refractivity contribution is 6.60. The van der Waals surface area contributed by atoms with E-state index in [0.717, 1.165) is 63.8 Å². The summed E-state index contributed by atoms with van der Waals surface area (Å²) in [5.41, 5.74) is 5.53. The molecule has 1 heterocycles. The van der Waals surface area contributed by atoms with Crippen LogP contribution in [0.3, 0.4) is 0 Å². The number of carboxylic acids is 1. The van der Waals surface area contributed by atoms with Gasteiger partial charge in [0, 0.05) is 72.5 Å². The Morgan fingerprint density at radius 1 is 0.870 bits per heavy atom. The van der Waals surface area contributed by atoms with Crippen LogP contribution in [0.4, 0.5) is 5.69 Å². The monoisotopic (exact) mass is 646 g/mol. The summed E-state index contributed by atoms with van der Waals surface area (Å²) >= 11 is 0. The first-order chi connectivity index (χ1) is 22.0. The second-order valence-corrected chi connectivity index (χ2v) is 13.9. The Balaban J connectivity index is 0.000000292. The molecule has 3 aromatic rings. The van der Waals surface area contributed by atoms with Crippen LogP contribution < -0.4 is 25.6 Å². The fraction of sp³-hybridized carbons (Fsp3) is 0.405. The van der Waals surface area contributed by atoms with Gasteiger partial charge in [0.05, 0.1) is 5.97 Å². The van der Waals surface area contributed by atoms with Crippen molar-refractivity contribution in [3.8, 4) is 11.5 Å². The Morgan fingerprint density at radius 3 is 2.11 bits per heavy atom. The number of aryl methyl sites for hydroxylation is 2. The number of ether oxygens (including phenoxy) is 1. The minimum atomic E-state index is -2.48. The molecule has 0 fully saturated rings. The predicted octanol–water partition coefficient (Wildman–Crippen LogP) is 5.66. The van der Waals surface area contributed by atoms with E-state index in [4.69, 9.17) is 18.0 Å². The summed E-state index contributed by atoms with van der Waals surface area (Å²) < 4.78 is 23.4. The molecule has 0 spiro atoms. The van der Waals surface area contributed by atoms with Crippen molar-refractivity contribution in [3.05, 3.63) is 86.8 Å². The topological polar surface area (TPSA) is 106 Å². The van der Waals surface area contributed by atoms with Gasteiger partial charge < -0.3 is 38.0 Å². The highest BCUT2D eigenvalue weighted by Crippen LogP contribution is 2.40. The molecule has 1 N–H and O–H groups in total. The van der Waals surface area contributed by atoms with E-state index in [9.17, 15) is 14.7 Å². The zero-order valence-electron chi connectivity index (χ0n) is 28.3. The number of aromatic carboxylic acids is 1. The van der Waals surface area contributed by atoms with E-state index in [1.165, 1.54) is 0 Å². The maximum Gasteiger partial charge on any atom is 0.500 e. The van der Waals surface area contributed by atoms with Gasteiger partial charge in [-0.25, -0.2) is 0 Å².